The number of hydrogen-bond acceptors (Lipinski definition) is 6. The Kier molecular flexibility index (Phi) is 2.96. The van der Waals surface area contributed by atoms with Gasteiger partial charge in [0.15, 0.2) is 5.01 Å². The third-order valence-corrected chi connectivity index (χ3v) is 5.22. The number of piperidine rings is 1. The molecule has 0 aromatic carbocycles. The Morgan fingerprint density at radius 2 is 2.00 bits per heavy atom. The largest absolute Gasteiger partial charge is 0.342 e. The molecule has 0 amide bonds. The molecule has 5 heterocycles. The van der Waals surface area contributed by atoms with E-state index in [4.69, 9.17) is 0 Å². The van der Waals surface area contributed by atoms with Crippen LogP contribution < -0.4 is 4.90 Å². The van der Waals surface area contributed by atoms with Gasteiger partial charge in [-0.05, 0) is 12.8 Å². The Hall–Kier alpha value is -1.47. The van der Waals surface area contributed by atoms with Crippen molar-refractivity contribution in [3.8, 4) is 10.7 Å². The molecule has 3 fully saturated rings. The fourth-order valence-corrected chi connectivity index (χ4v) is 4.00. The smallest absolute Gasteiger partial charge is 0.208 e. The third kappa shape index (κ3) is 2.10. The van der Waals surface area contributed by atoms with Crippen LogP contribution in [0.3, 0.4) is 0 Å². The number of rotatable bonds is 2. The van der Waals surface area contributed by atoms with E-state index in [2.05, 4.69) is 25.0 Å². The molecule has 0 atom stereocenters. The summed E-state index contributed by atoms with van der Waals surface area (Å²) in [6, 6.07) is 0.637. The molecule has 0 saturated carbocycles. The zero-order chi connectivity index (χ0) is 13.5. The number of aryl methyl sites for hydroxylation is 1. The fourth-order valence-electron chi connectivity index (χ4n) is 3.10. The lowest BCUT2D eigenvalue weighted by molar-refractivity contribution is 0.250. The maximum absolute atomic E-state index is 4.41. The van der Waals surface area contributed by atoms with Gasteiger partial charge in [-0.1, -0.05) is 11.3 Å². The Morgan fingerprint density at radius 3 is 2.75 bits per heavy atom. The van der Waals surface area contributed by atoms with Crippen LogP contribution in [-0.2, 0) is 7.05 Å². The second-order valence-electron chi connectivity index (χ2n) is 5.58. The van der Waals surface area contributed by atoms with Crippen LogP contribution in [0.5, 0.6) is 0 Å². The van der Waals surface area contributed by atoms with Crippen molar-refractivity contribution in [2.45, 2.75) is 18.9 Å². The molecule has 0 unspecified atom stereocenters. The van der Waals surface area contributed by atoms with Crippen LogP contribution >= 0.6 is 11.3 Å². The third-order valence-electron chi connectivity index (χ3n) is 4.24. The number of anilines is 1. The summed E-state index contributed by atoms with van der Waals surface area (Å²) in [6.07, 6.45) is 6.29. The van der Waals surface area contributed by atoms with Gasteiger partial charge in [-0.2, -0.15) is 0 Å². The molecule has 5 rings (SSSR count). The fraction of sp³-hybridized carbons (Fsp3) is 0.615. The highest BCUT2D eigenvalue weighted by Gasteiger charge is 2.31. The second-order valence-corrected chi connectivity index (χ2v) is 6.54. The molecule has 20 heavy (non-hydrogen) atoms. The van der Waals surface area contributed by atoms with E-state index >= 15 is 0 Å². The molecule has 0 spiro atoms. The quantitative estimate of drug-likeness (QED) is 0.832. The molecule has 3 aliphatic heterocycles. The van der Waals surface area contributed by atoms with Crippen LogP contribution in [0, 0.1) is 0 Å². The van der Waals surface area contributed by atoms with Gasteiger partial charge in [0.1, 0.15) is 5.69 Å². The highest BCUT2D eigenvalue weighted by molar-refractivity contribution is 7.18. The van der Waals surface area contributed by atoms with Crippen LogP contribution in [0.4, 0.5) is 5.13 Å². The van der Waals surface area contributed by atoms with Gasteiger partial charge >= 0.3 is 0 Å². The highest BCUT2D eigenvalue weighted by Crippen LogP contribution is 2.32. The number of imidazole rings is 1. The summed E-state index contributed by atoms with van der Waals surface area (Å²) in [4.78, 5) is 9.36. The molecule has 3 saturated heterocycles. The van der Waals surface area contributed by atoms with E-state index < -0.39 is 0 Å². The second kappa shape index (κ2) is 4.82. The van der Waals surface area contributed by atoms with Crippen molar-refractivity contribution in [1.29, 1.82) is 0 Å². The summed E-state index contributed by atoms with van der Waals surface area (Å²) in [5, 5.41) is 10.7. The molecule has 0 radical (unpaired) electrons. The Labute approximate surface area is 122 Å². The minimum absolute atomic E-state index is 0.637. The summed E-state index contributed by atoms with van der Waals surface area (Å²) in [5.41, 5.74) is 0.916. The minimum atomic E-state index is 0.637. The van der Waals surface area contributed by atoms with E-state index in [9.17, 15) is 0 Å². The zero-order valence-electron chi connectivity index (χ0n) is 11.6. The summed E-state index contributed by atoms with van der Waals surface area (Å²) in [5.74, 6) is 0. The summed E-state index contributed by atoms with van der Waals surface area (Å²) < 4.78 is 1.94. The van der Waals surface area contributed by atoms with Crippen LogP contribution in [-0.4, -0.2) is 56.9 Å². The number of fused-ring (bicyclic) bond motifs is 4. The summed E-state index contributed by atoms with van der Waals surface area (Å²) in [6.45, 7) is 4.68. The predicted molar refractivity (Wildman–Crippen MR) is 78.9 cm³/mol. The lowest BCUT2D eigenvalue weighted by atomic mass is 10.1. The van der Waals surface area contributed by atoms with Crippen molar-refractivity contribution in [3.05, 3.63) is 12.5 Å². The summed E-state index contributed by atoms with van der Waals surface area (Å²) in [7, 11) is 1.97. The molecule has 0 N–H and O–H groups in total. The van der Waals surface area contributed by atoms with Crippen molar-refractivity contribution in [2.75, 3.05) is 31.1 Å². The highest BCUT2D eigenvalue weighted by atomic mass is 32.1. The standard InChI is InChI=1S/C13H18N6S/c1-17-8-11(14-9-17)12-15-16-13(20-12)19-7-6-18-4-2-10(19)3-5-18/h8-10H,2-7H2,1H3. The molecule has 2 aromatic heterocycles. The minimum Gasteiger partial charge on any atom is -0.342 e. The predicted octanol–water partition coefficient (Wildman–Crippen LogP) is 1.22. The van der Waals surface area contributed by atoms with Crippen molar-refractivity contribution in [2.24, 2.45) is 7.05 Å². The first-order valence-electron chi connectivity index (χ1n) is 7.10. The molecule has 7 heteroatoms. The van der Waals surface area contributed by atoms with Gasteiger partial charge in [-0.15, -0.1) is 10.2 Å². The first-order chi connectivity index (χ1) is 9.79. The van der Waals surface area contributed by atoms with Gasteiger partial charge in [-0.25, -0.2) is 4.98 Å². The van der Waals surface area contributed by atoms with E-state index in [1.54, 1.807) is 17.7 Å². The average molecular weight is 290 g/mol. The molecule has 3 aliphatic rings. The molecular formula is C13H18N6S. The van der Waals surface area contributed by atoms with Crippen molar-refractivity contribution in [3.63, 3.8) is 0 Å². The van der Waals surface area contributed by atoms with E-state index in [1.165, 1.54) is 25.9 Å². The van der Waals surface area contributed by atoms with Crippen LogP contribution in [0.25, 0.3) is 10.7 Å². The van der Waals surface area contributed by atoms with Crippen LogP contribution in [0.15, 0.2) is 12.5 Å². The average Bonchev–Trinajstić information content (AvgIpc) is 3.01. The maximum Gasteiger partial charge on any atom is 0.208 e. The topological polar surface area (TPSA) is 50.1 Å². The number of aromatic nitrogens is 4. The van der Waals surface area contributed by atoms with Gasteiger partial charge in [0.05, 0.1) is 6.33 Å². The van der Waals surface area contributed by atoms with Crippen molar-refractivity contribution < 1.29 is 0 Å². The SMILES string of the molecule is Cn1cnc(-c2nnc(N3CCN4CCC3CC4)s2)c1. The van der Waals surface area contributed by atoms with E-state index in [1.807, 2.05) is 17.8 Å². The first kappa shape index (κ1) is 12.3. The van der Waals surface area contributed by atoms with Gasteiger partial charge in [0.25, 0.3) is 0 Å². The number of hydrogen-bond donors (Lipinski definition) is 0. The molecular weight excluding hydrogens is 272 g/mol. The van der Waals surface area contributed by atoms with Crippen molar-refractivity contribution >= 4 is 16.5 Å². The van der Waals surface area contributed by atoms with E-state index in [0.717, 1.165) is 28.9 Å². The number of nitrogens with zero attached hydrogens (tertiary/aromatic N) is 6. The van der Waals surface area contributed by atoms with Gasteiger partial charge in [0.2, 0.25) is 5.13 Å². The zero-order valence-corrected chi connectivity index (χ0v) is 12.4. The van der Waals surface area contributed by atoms with Gasteiger partial charge in [-0.3, -0.25) is 0 Å². The molecule has 6 nitrogen and oxygen atoms in total. The normalized spacial score (nSPS) is 25.9. The van der Waals surface area contributed by atoms with Gasteiger partial charge in [0, 0.05) is 45.5 Å². The Morgan fingerprint density at radius 1 is 1.15 bits per heavy atom. The molecule has 106 valence electrons. The Balaban J connectivity index is 1.61. The van der Waals surface area contributed by atoms with E-state index in [-0.39, 0.29) is 0 Å². The lowest BCUT2D eigenvalue weighted by Crippen LogP contribution is -2.37. The lowest BCUT2D eigenvalue weighted by Gasteiger charge is -2.30. The van der Waals surface area contributed by atoms with E-state index in [0.29, 0.717) is 6.04 Å². The molecule has 0 aliphatic carbocycles. The maximum atomic E-state index is 4.41. The van der Waals surface area contributed by atoms with Crippen LogP contribution in [0.1, 0.15) is 12.8 Å². The Bertz CT molecular complexity index is 598. The van der Waals surface area contributed by atoms with Crippen molar-refractivity contribution in [1.82, 2.24) is 24.6 Å². The molecule has 2 bridgehead atoms. The van der Waals surface area contributed by atoms with Gasteiger partial charge < -0.3 is 14.4 Å². The summed E-state index contributed by atoms with van der Waals surface area (Å²) >= 11 is 1.66. The van der Waals surface area contributed by atoms with Crippen LogP contribution in [0.2, 0.25) is 0 Å². The molecule has 2 aromatic rings. The monoisotopic (exact) mass is 290 g/mol. The first-order valence-corrected chi connectivity index (χ1v) is 7.92.